The van der Waals surface area contributed by atoms with Crippen LogP contribution in [-0.2, 0) is 6.54 Å². The second-order valence-electron chi connectivity index (χ2n) is 5.64. The highest BCUT2D eigenvalue weighted by Gasteiger charge is 2.16. The van der Waals surface area contributed by atoms with Crippen LogP contribution in [0, 0.1) is 0 Å². The number of piperazine rings is 1. The summed E-state index contributed by atoms with van der Waals surface area (Å²) in [5.41, 5.74) is 2.68. The van der Waals surface area contributed by atoms with Crippen LogP contribution in [0.1, 0.15) is 13.3 Å². The van der Waals surface area contributed by atoms with Crippen molar-refractivity contribution in [2.75, 3.05) is 19.6 Å². The van der Waals surface area contributed by atoms with Gasteiger partial charge in [-0.3, -0.25) is 9.13 Å². The summed E-state index contributed by atoms with van der Waals surface area (Å²) >= 11 is 0. The van der Waals surface area contributed by atoms with Gasteiger partial charge >= 0.3 is 5.69 Å². The van der Waals surface area contributed by atoms with Gasteiger partial charge in [0.1, 0.15) is 0 Å². The van der Waals surface area contributed by atoms with Gasteiger partial charge in [-0.25, -0.2) is 4.79 Å². The lowest BCUT2D eigenvalue weighted by Crippen LogP contribution is -2.48. The summed E-state index contributed by atoms with van der Waals surface area (Å²) in [6, 6.07) is 8.34. The van der Waals surface area contributed by atoms with Gasteiger partial charge in [0.05, 0.1) is 11.0 Å². The third-order valence-electron chi connectivity index (χ3n) is 4.04. The van der Waals surface area contributed by atoms with Crippen molar-refractivity contribution < 1.29 is 0 Å². The van der Waals surface area contributed by atoms with Gasteiger partial charge in [0.2, 0.25) is 0 Å². The Kier molecular flexibility index (Phi) is 3.94. The predicted molar refractivity (Wildman–Crippen MR) is 86.5 cm³/mol. The van der Waals surface area contributed by atoms with E-state index in [1.807, 2.05) is 35.8 Å². The van der Waals surface area contributed by atoms with Crippen LogP contribution in [0.5, 0.6) is 0 Å². The Hall–Kier alpha value is -1.85. The summed E-state index contributed by atoms with van der Waals surface area (Å²) in [6.45, 7) is 9.49. The van der Waals surface area contributed by atoms with E-state index in [0.29, 0.717) is 6.04 Å². The molecule has 1 aromatic carbocycles. The Morgan fingerprint density at radius 3 is 2.76 bits per heavy atom. The van der Waals surface area contributed by atoms with Gasteiger partial charge < -0.3 is 10.6 Å². The third kappa shape index (κ3) is 2.66. The lowest BCUT2D eigenvalue weighted by atomic mass is 10.1. The minimum absolute atomic E-state index is 0.00692. The van der Waals surface area contributed by atoms with Crippen LogP contribution in [0.3, 0.4) is 0 Å². The molecular weight excluding hydrogens is 264 g/mol. The molecule has 0 spiro atoms. The minimum Gasteiger partial charge on any atom is -0.314 e. The topological polar surface area (TPSA) is 51.0 Å². The summed E-state index contributed by atoms with van der Waals surface area (Å²) in [5, 5.41) is 6.86. The van der Waals surface area contributed by atoms with E-state index in [0.717, 1.165) is 49.3 Å². The number of para-hydroxylation sites is 2. The maximum Gasteiger partial charge on any atom is 0.333 e. The summed E-state index contributed by atoms with van der Waals surface area (Å²) in [7, 11) is 0. The number of allylic oxidation sites excluding steroid dienone is 1. The largest absolute Gasteiger partial charge is 0.333 e. The molecule has 0 aliphatic carbocycles. The predicted octanol–water partition coefficient (Wildman–Crippen LogP) is 1.25. The van der Waals surface area contributed by atoms with Crippen molar-refractivity contribution in [1.29, 1.82) is 0 Å². The van der Waals surface area contributed by atoms with E-state index in [1.165, 1.54) is 0 Å². The number of imidazole rings is 1. The zero-order valence-corrected chi connectivity index (χ0v) is 12.4. The number of nitrogens with zero attached hydrogens (tertiary/aromatic N) is 2. The van der Waals surface area contributed by atoms with E-state index in [1.54, 1.807) is 4.57 Å². The lowest BCUT2D eigenvalue weighted by molar-refractivity contribution is 0.382. The molecule has 112 valence electrons. The highest BCUT2D eigenvalue weighted by Crippen LogP contribution is 2.16. The van der Waals surface area contributed by atoms with Crippen molar-refractivity contribution in [2.45, 2.75) is 25.9 Å². The van der Waals surface area contributed by atoms with Crippen LogP contribution in [0.4, 0.5) is 0 Å². The number of hydrogen-bond donors (Lipinski definition) is 2. The molecule has 1 fully saturated rings. The smallest absolute Gasteiger partial charge is 0.314 e. The van der Waals surface area contributed by atoms with Crippen LogP contribution >= 0.6 is 0 Å². The zero-order chi connectivity index (χ0) is 14.8. The van der Waals surface area contributed by atoms with Crippen LogP contribution in [0.2, 0.25) is 0 Å². The first-order chi connectivity index (χ1) is 10.2. The normalized spacial score (nSPS) is 19.0. The standard InChI is InChI=1S/C16H22N4O/c1-12(2)20-15-6-4-3-5-14(15)19(16(20)21)10-7-13-11-17-8-9-18-13/h3-6,13,17-18H,1,7-11H2,2H3. The van der Waals surface area contributed by atoms with Crippen molar-refractivity contribution in [2.24, 2.45) is 0 Å². The molecule has 2 N–H and O–H groups in total. The van der Waals surface area contributed by atoms with E-state index in [2.05, 4.69) is 17.2 Å². The van der Waals surface area contributed by atoms with Crippen LogP contribution in [-0.4, -0.2) is 34.8 Å². The number of nitrogens with one attached hydrogen (secondary N) is 2. The van der Waals surface area contributed by atoms with Gasteiger partial charge in [-0.05, 0) is 25.5 Å². The Balaban J connectivity index is 1.92. The molecule has 0 bridgehead atoms. The minimum atomic E-state index is 0.00692. The quantitative estimate of drug-likeness (QED) is 0.889. The highest BCUT2D eigenvalue weighted by atomic mass is 16.1. The number of benzene rings is 1. The van der Waals surface area contributed by atoms with Crippen molar-refractivity contribution in [3.8, 4) is 0 Å². The molecule has 0 saturated carbocycles. The molecule has 2 aromatic rings. The number of rotatable bonds is 4. The molecule has 5 heteroatoms. The molecule has 1 aliphatic heterocycles. The van der Waals surface area contributed by atoms with Crippen molar-refractivity contribution in [3.63, 3.8) is 0 Å². The van der Waals surface area contributed by atoms with Crippen LogP contribution in [0.15, 0.2) is 35.6 Å². The fourth-order valence-corrected chi connectivity index (χ4v) is 3.00. The van der Waals surface area contributed by atoms with Crippen molar-refractivity contribution in [3.05, 3.63) is 41.3 Å². The van der Waals surface area contributed by atoms with Gasteiger partial charge in [-0.15, -0.1) is 0 Å². The molecule has 1 saturated heterocycles. The first-order valence-corrected chi connectivity index (χ1v) is 7.49. The van der Waals surface area contributed by atoms with Gasteiger partial charge in [0, 0.05) is 37.9 Å². The van der Waals surface area contributed by atoms with Gasteiger partial charge in [-0.1, -0.05) is 18.7 Å². The van der Waals surface area contributed by atoms with Crippen molar-refractivity contribution >= 4 is 16.7 Å². The molecular formula is C16H22N4O. The Bertz CT molecular complexity index is 707. The average Bonchev–Trinajstić information content (AvgIpc) is 2.78. The number of aromatic nitrogens is 2. The maximum atomic E-state index is 12.6. The Morgan fingerprint density at radius 1 is 1.33 bits per heavy atom. The Morgan fingerprint density at radius 2 is 2.10 bits per heavy atom. The average molecular weight is 286 g/mol. The Labute approximate surface area is 124 Å². The number of fused-ring (bicyclic) bond motifs is 1. The molecule has 1 unspecified atom stereocenters. The zero-order valence-electron chi connectivity index (χ0n) is 12.4. The fourth-order valence-electron chi connectivity index (χ4n) is 3.00. The third-order valence-corrected chi connectivity index (χ3v) is 4.04. The SMILES string of the molecule is C=C(C)n1c(=O)n(CCC2CNCCN2)c2ccccc21. The fraction of sp³-hybridized carbons (Fsp3) is 0.438. The molecule has 3 rings (SSSR count). The monoisotopic (exact) mass is 286 g/mol. The van der Waals surface area contributed by atoms with E-state index < -0.39 is 0 Å². The van der Waals surface area contributed by atoms with Gasteiger partial charge in [0.15, 0.2) is 0 Å². The van der Waals surface area contributed by atoms with Crippen LogP contribution in [0.25, 0.3) is 16.7 Å². The maximum absolute atomic E-state index is 12.6. The highest BCUT2D eigenvalue weighted by molar-refractivity contribution is 5.79. The second kappa shape index (κ2) is 5.87. The van der Waals surface area contributed by atoms with E-state index in [-0.39, 0.29) is 5.69 Å². The van der Waals surface area contributed by atoms with E-state index in [4.69, 9.17) is 0 Å². The summed E-state index contributed by atoms with van der Waals surface area (Å²) < 4.78 is 3.56. The first kappa shape index (κ1) is 14.1. The van der Waals surface area contributed by atoms with Gasteiger partial charge in [0.25, 0.3) is 0 Å². The number of aryl methyl sites for hydroxylation is 1. The van der Waals surface area contributed by atoms with E-state index in [9.17, 15) is 4.79 Å². The van der Waals surface area contributed by atoms with E-state index >= 15 is 0 Å². The van der Waals surface area contributed by atoms with Crippen LogP contribution < -0.4 is 16.3 Å². The second-order valence-corrected chi connectivity index (χ2v) is 5.64. The summed E-state index contributed by atoms with van der Waals surface area (Å²) in [5.74, 6) is 0. The molecule has 1 aromatic heterocycles. The summed E-state index contributed by atoms with van der Waals surface area (Å²) in [6.07, 6.45) is 0.942. The molecule has 2 heterocycles. The lowest BCUT2D eigenvalue weighted by Gasteiger charge is -2.24. The van der Waals surface area contributed by atoms with Gasteiger partial charge in [-0.2, -0.15) is 0 Å². The number of hydrogen-bond acceptors (Lipinski definition) is 3. The van der Waals surface area contributed by atoms with Crippen molar-refractivity contribution in [1.82, 2.24) is 19.8 Å². The molecule has 5 nitrogen and oxygen atoms in total. The molecule has 1 atom stereocenters. The molecule has 21 heavy (non-hydrogen) atoms. The first-order valence-electron chi connectivity index (χ1n) is 7.49. The summed E-state index contributed by atoms with van der Waals surface area (Å²) in [4.78, 5) is 12.6. The molecule has 0 radical (unpaired) electrons. The molecule has 1 aliphatic rings. The molecule has 0 amide bonds.